The van der Waals surface area contributed by atoms with E-state index in [4.69, 9.17) is 5.73 Å². The van der Waals surface area contributed by atoms with Crippen molar-refractivity contribution in [3.63, 3.8) is 0 Å². The second-order valence-corrected chi connectivity index (χ2v) is 6.37. The number of halogens is 1. The summed E-state index contributed by atoms with van der Waals surface area (Å²) in [5.41, 5.74) is 7.64. The van der Waals surface area contributed by atoms with Crippen molar-refractivity contribution in [1.29, 1.82) is 0 Å². The Labute approximate surface area is 139 Å². The molecule has 6 heteroatoms. The van der Waals surface area contributed by atoms with Crippen LogP contribution in [0, 0.1) is 21.8 Å². The van der Waals surface area contributed by atoms with Gasteiger partial charge >= 0.3 is 5.69 Å². The van der Waals surface area contributed by atoms with Crippen molar-refractivity contribution in [2.45, 2.75) is 38.5 Å². The van der Waals surface area contributed by atoms with Gasteiger partial charge in [0.2, 0.25) is 5.82 Å². The smallest absolute Gasteiger partial charge is 0.314 e. The van der Waals surface area contributed by atoms with Crippen LogP contribution in [-0.4, -0.2) is 9.91 Å². The number of aromatic nitrogens is 1. The maximum absolute atomic E-state index is 13.1. The van der Waals surface area contributed by atoms with Crippen molar-refractivity contribution < 1.29 is 9.31 Å². The van der Waals surface area contributed by atoms with Crippen LogP contribution in [0.25, 0.3) is 11.3 Å². The lowest BCUT2D eigenvalue weighted by Gasteiger charge is -2.21. The molecule has 2 N–H and O–H groups in total. The highest BCUT2D eigenvalue weighted by Crippen LogP contribution is 2.34. The van der Waals surface area contributed by atoms with E-state index < -0.39 is 4.92 Å². The summed E-state index contributed by atoms with van der Waals surface area (Å²) in [5.74, 6) is 0.0315. The van der Waals surface area contributed by atoms with Crippen LogP contribution in [0.3, 0.4) is 0 Å². The Kier molecular flexibility index (Phi) is 4.74. The van der Waals surface area contributed by atoms with Crippen LogP contribution in [0.5, 0.6) is 0 Å². The van der Waals surface area contributed by atoms with Gasteiger partial charge in [-0.1, -0.05) is 32.1 Å². The molecule has 0 bridgehead atoms. The molecule has 0 aliphatic heterocycles. The molecular weight excluding hydrogens is 309 g/mol. The number of nitrogens with zero attached hydrogens (tertiary/aromatic N) is 2. The molecule has 3 rings (SSSR count). The molecule has 1 fully saturated rings. The predicted octanol–water partition coefficient (Wildman–Crippen LogP) is 4.50. The van der Waals surface area contributed by atoms with E-state index in [1.54, 1.807) is 18.2 Å². The first-order chi connectivity index (χ1) is 11.5. The van der Waals surface area contributed by atoms with Gasteiger partial charge in [0.1, 0.15) is 5.82 Å². The summed E-state index contributed by atoms with van der Waals surface area (Å²) in [6.45, 7) is 0. The van der Waals surface area contributed by atoms with Crippen molar-refractivity contribution in [1.82, 2.24) is 4.98 Å². The third-order valence-corrected chi connectivity index (χ3v) is 4.65. The molecule has 1 aromatic carbocycles. The highest BCUT2D eigenvalue weighted by molar-refractivity contribution is 5.68. The van der Waals surface area contributed by atoms with Gasteiger partial charge in [-0.2, -0.15) is 0 Å². The first-order valence-electron chi connectivity index (χ1n) is 8.24. The number of nitrogen functional groups attached to an aromatic ring is 1. The van der Waals surface area contributed by atoms with Gasteiger partial charge in [-0.05, 0) is 42.7 Å². The average Bonchev–Trinajstić information content (AvgIpc) is 2.55. The lowest BCUT2D eigenvalue weighted by Crippen LogP contribution is -2.12. The summed E-state index contributed by atoms with van der Waals surface area (Å²) in [6.07, 6.45) is 6.39. The lowest BCUT2D eigenvalue weighted by atomic mass is 9.84. The van der Waals surface area contributed by atoms with Gasteiger partial charge in [-0.25, -0.2) is 9.37 Å². The van der Waals surface area contributed by atoms with E-state index >= 15 is 0 Å². The highest BCUT2D eigenvalue weighted by atomic mass is 19.1. The largest absolute Gasteiger partial charge is 0.378 e. The summed E-state index contributed by atoms with van der Waals surface area (Å²) in [5, 5.41) is 11.4. The summed E-state index contributed by atoms with van der Waals surface area (Å²) < 4.78 is 13.1. The zero-order valence-corrected chi connectivity index (χ0v) is 13.4. The third-order valence-electron chi connectivity index (χ3n) is 4.65. The van der Waals surface area contributed by atoms with Crippen molar-refractivity contribution >= 4 is 11.5 Å². The van der Waals surface area contributed by atoms with Crippen molar-refractivity contribution in [3.05, 3.63) is 51.8 Å². The Hall–Kier alpha value is -2.50. The lowest BCUT2D eigenvalue weighted by molar-refractivity contribution is -0.384. The Morgan fingerprint density at radius 1 is 1.21 bits per heavy atom. The fraction of sp³-hybridized carbons (Fsp3) is 0.389. The average molecular weight is 329 g/mol. The van der Waals surface area contributed by atoms with Crippen LogP contribution in [0.15, 0.2) is 30.3 Å². The Morgan fingerprint density at radius 3 is 2.50 bits per heavy atom. The monoisotopic (exact) mass is 329 g/mol. The van der Waals surface area contributed by atoms with Crippen LogP contribution >= 0.6 is 0 Å². The number of pyridine rings is 1. The molecule has 1 aromatic heterocycles. The zero-order chi connectivity index (χ0) is 17.1. The molecule has 0 atom stereocenters. The number of rotatable bonds is 4. The Morgan fingerprint density at radius 2 is 1.88 bits per heavy atom. The summed E-state index contributed by atoms with van der Waals surface area (Å²) in [7, 11) is 0. The van der Waals surface area contributed by atoms with Gasteiger partial charge in [0.25, 0.3) is 0 Å². The third kappa shape index (κ3) is 3.53. The number of nitrogens with two attached hydrogens (primary N) is 1. The van der Waals surface area contributed by atoms with Gasteiger partial charge in [-0.15, -0.1) is 0 Å². The minimum absolute atomic E-state index is 0.0763. The number of hydrogen-bond donors (Lipinski definition) is 1. The quantitative estimate of drug-likeness (QED) is 0.661. The second-order valence-electron chi connectivity index (χ2n) is 6.37. The molecule has 0 saturated heterocycles. The van der Waals surface area contributed by atoms with E-state index in [0.29, 0.717) is 29.2 Å². The molecule has 24 heavy (non-hydrogen) atoms. The van der Waals surface area contributed by atoms with Gasteiger partial charge in [0.15, 0.2) is 0 Å². The Bertz CT molecular complexity index is 741. The van der Waals surface area contributed by atoms with E-state index in [9.17, 15) is 14.5 Å². The molecule has 126 valence electrons. The predicted molar refractivity (Wildman–Crippen MR) is 91.0 cm³/mol. The summed E-state index contributed by atoms with van der Waals surface area (Å²) in [4.78, 5) is 15.1. The number of nitro groups is 1. The van der Waals surface area contributed by atoms with E-state index in [1.807, 2.05) is 0 Å². The van der Waals surface area contributed by atoms with Crippen LogP contribution < -0.4 is 5.73 Å². The number of benzene rings is 1. The van der Waals surface area contributed by atoms with Crippen LogP contribution in [0.1, 0.15) is 37.7 Å². The number of anilines is 1. The fourth-order valence-corrected chi connectivity index (χ4v) is 3.45. The summed E-state index contributed by atoms with van der Waals surface area (Å²) >= 11 is 0. The van der Waals surface area contributed by atoms with Crippen LogP contribution in [-0.2, 0) is 6.42 Å². The minimum Gasteiger partial charge on any atom is -0.378 e. The zero-order valence-electron chi connectivity index (χ0n) is 13.4. The van der Waals surface area contributed by atoms with Crippen LogP contribution in [0.2, 0.25) is 0 Å². The fourth-order valence-electron chi connectivity index (χ4n) is 3.45. The molecule has 2 aromatic rings. The first kappa shape index (κ1) is 16.4. The molecule has 0 spiro atoms. The van der Waals surface area contributed by atoms with Crippen molar-refractivity contribution in [2.24, 2.45) is 5.92 Å². The van der Waals surface area contributed by atoms with Gasteiger partial charge in [0.05, 0.1) is 10.6 Å². The van der Waals surface area contributed by atoms with Crippen molar-refractivity contribution in [2.75, 3.05) is 5.73 Å². The topological polar surface area (TPSA) is 82.0 Å². The Balaban J connectivity index is 1.99. The molecule has 0 radical (unpaired) electrons. The van der Waals surface area contributed by atoms with E-state index in [-0.39, 0.29) is 17.3 Å². The molecular formula is C18H20FN3O2. The molecule has 0 unspecified atom stereocenters. The molecule has 1 heterocycles. The second kappa shape index (κ2) is 6.95. The molecule has 1 saturated carbocycles. The van der Waals surface area contributed by atoms with Gasteiger partial charge in [-0.3, -0.25) is 10.1 Å². The maximum Gasteiger partial charge on any atom is 0.314 e. The van der Waals surface area contributed by atoms with Crippen molar-refractivity contribution in [3.8, 4) is 11.3 Å². The summed E-state index contributed by atoms with van der Waals surface area (Å²) in [6, 6.07) is 7.63. The SMILES string of the molecule is Nc1nc(-c2ccc(F)cc2)cc(CC2CCCCC2)c1[N+](=O)[O-]. The molecule has 0 amide bonds. The van der Waals surface area contributed by atoms with E-state index in [0.717, 1.165) is 12.8 Å². The standard InChI is InChI=1S/C18H20FN3O2/c19-15-8-6-13(7-9-15)16-11-14(10-12-4-2-1-3-5-12)17(22(23)24)18(20)21-16/h6-9,11-12H,1-5,10H2,(H2,20,21). The van der Waals surface area contributed by atoms with Gasteiger partial charge in [0, 0.05) is 11.1 Å². The van der Waals surface area contributed by atoms with E-state index in [1.165, 1.54) is 31.4 Å². The van der Waals surface area contributed by atoms with Gasteiger partial charge < -0.3 is 5.73 Å². The first-order valence-corrected chi connectivity index (χ1v) is 8.24. The normalized spacial score (nSPS) is 15.4. The molecule has 1 aliphatic carbocycles. The number of hydrogen-bond acceptors (Lipinski definition) is 4. The maximum atomic E-state index is 13.1. The van der Waals surface area contributed by atoms with E-state index in [2.05, 4.69) is 4.98 Å². The minimum atomic E-state index is -0.449. The highest BCUT2D eigenvalue weighted by Gasteiger charge is 2.24. The molecule has 5 nitrogen and oxygen atoms in total. The molecule has 1 aliphatic rings. The van der Waals surface area contributed by atoms with Crippen LogP contribution in [0.4, 0.5) is 15.9 Å².